The molecule has 11 heavy (non-hydrogen) atoms. The van der Waals surface area contributed by atoms with Crippen molar-refractivity contribution in [3.05, 3.63) is 20.3 Å². The molecule has 0 aliphatic heterocycles. The summed E-state index contributed by atoms with van der Waals surface area (Å²) in [7, 11) is 0. The highest BCUT2D eigenvalue weighted by molar-refractivity contribution is 7.20. The van der Waals surface area contributed by atoms with E-state index in [1.54, 1.807) is 0 Å². The molecule has 0 aliphatic carbocycles. The molecule has 0 bridgehead atoms. The molecule has 0 amide bonds. The lowest BCUT2D eigenvalue weighted by Gasteiger charge is -2.04. The van der Waals surface area contributed by atoms with Gasteiger partial charge in [-0.2, -0.15) is 0 Å². The van der Waals surface area contributed by atoms with Gasteiger partial charge in [-0.1, -0.05) is 37.0 Å². The second-order valence-corrected chi connectivity index (χ2v) is 4.87. The smallest absolute Gasteiger partial charge is 0.0978 e. The van der Waals surface area contributed by atoms with Crippen LogP contribution >= 0.6 is 34.5 Å². The maximum Gasteiger partial charge on any atom is 0.0978 e. The molecule has 0 nitrogen and oxygen atoms in total. The molecule has 1 heterocycles. The first-order valence-corrected chi connectivity index (χ1v) is 5.17. The van der Waals surface area contributed by atoms with Gasteiger partial charge in [0.2, 0.25) is 0 Å². The molecule has 0 N–H and O–H groups in total. The molecular weight excluding hydrogens is 199 g/mol. The number of halogens is 2. The molecular formula is C8H10Cl2S. The molecule has 0 aliphatic rings. The first-order valence-electron chi connectivity index (χ1n) is 3.59. The van der Waals surface area contributed by atoms with Crippen LogP contribution in [0.15, 0.2) is 6.07 Å². The van der Waals surface area contributed by atoms with Crippen molar-refractivity contribution in [2.24, 2.45) is 0 Å². The quantitative estimate of drug-likeness (QED) is 0.669. The van der Waals surface area contributed by atoms with Crippen molar-refractivity contribution in [3.8, 4) is 0 Å². The van der Waals surface area contributed by atoms with Crippen molar-refractivity contribution in [1.82, 2.24) is 0 Å². The van der Waals surface area contributed by atoms with Crippen molar-refractivity contribution in [2.45, 2.75) is 26.2 Å². The van der Waals surface area contributed by atoms with Crippen LogP contribution in [-0.4, -0.2) is 0 Å². The summed E-state index contributed by atoms with van der Waals surface area (Å²) < 4.78 is 1.62. The zero-order valence-corrected chi connectivity index (χ0v) is 8.85. The average molecular weight is 209 g/mol. The summed E-state index contributed by atoms with van der Waals surface area (Å²) in [4.78, 5) is 0. The first kappa shape index (κ1) is 9.37. The van der Waals surface area contributed by atoms with Gasteiger partial charge in [0.25, 0.3) is 0 Å². The maximum atomic E-state index is 5.95. The molecule has 1 rings (SSSR count). The lowest BCUT2D eigenvalue weighted by molar-refractivity contribution is 0.737. The van der Waals surface area contributed by atoms with Gasteiger partial charge < -0.3 is 0 Å². The molecule has 1 aromatic heterocycles. The van der Waals surface area contributed by atoms with Gasteiger partial charge in [0.05, 0.1) is 8.67 Å². The van der Waals surface area contributed by atoms with Gasteiger partial charge in [0.1, 0.15) is 0 Å². The molecule has 3 heteroatoms. The van der Waals surface area contributed by atoms with Gasteiger partial charge in [0.15, 0.2) is 0 Å². The van der Waals surface area contributed by atoms with Crippen molar-refractivity contribution in [1.29, 1.82) is 0 Å². The highest BCUT2D eigenvalue weighted by Crippen LogP contribution is 2.36. The minimum atomic E-state index is 0.520. The number of thiophene rings is 1. The zero-order chi connectivity index (χ0) is 8.43. The van der Waals surface area contributed by atoms with E-state index in [4.69, 9.17) is 23.2 Å². The summed E-state index contributed by atoms with van der Waals surface area (Å²) in [6.07, 6.45) is 1.10. The van der Waals surface area contributed by atoms with Crippen molar-refractivity contribution in [2.75, 3.05) is 0 Å². The van der Waals surface area contributed by atoms with Gasteiger partial charge >= 0.3 is 0 Å². The van der Waals surface area contributed by atoms with E-state index in [-0.39, 0.29) is 0 Å². The SMILES string of the molecule is CCC(C)c1cc(Cl)sc1Cl. The van der Waals surface area contributed by atoms with E-state index < -0.39 is 0 Å². The van der Waals surface area contributed by atoms with E-state index in [0.717, 1.165) is 15.1 Å². The molecule has 0 aromatic carbocycles. The summed E-state index contributed by atoms with van der Waals surface area (Å²) in [5.41, 5.74) is 1.18. The van der Waals surface area contributed by atoms with E-state index in [2.05, 4.69) is 13.8 Å². The van der Waals surface area contributed by atoms with Gasteiger partial charge in [-0.3, -0.25) is 0 Å². The molecule has 62 valence electrons. The second-order valence-electron chi connectivity index (χ2n) is 2.59. The standard InChI is InChI=1S/C8H10Cl2S/c1-3-5(2)6-4-7(9)11-8(6)10/h4-5H,3H2,1-2H3. The average Bonchev–Trinajstić information content (AvgIpc) is 2.28. The van der Waals surface area contributed by atoms with Gasteiger partial charge in [-0.15, -0.1) is 11.3 Å². The Labute approximate surface area is 81.1 Å². The zero-order valence-electron chi connectivity index (χ0n) is 6.53. The Morgan fingerprint density at radius 2 is 2.18 bits per heavy atom. The minimum Gasteiger partial charge on any atom is -0.111 e. The third-order valence-electron chi connectivity index (χ3n) is 1.83. The highest BCUT2D eigenvalue weighted by Gasteiger charge is 2.10. The van der Waals surface area contributed by atoms with Crippen LogP contribution in [0.4, 0.5) is 0 Å². The summed E-state index contributed by atoms with van der Waals surface area (Å²) in [5.74, 6) is 0.520. The van der Waals surface area contributed by atoms with E-state index in [0.29, 0.717) is 5.92 Å². The Hall–Kier alpha value is 0.280. The van der Waals surface area contributed by atoms with Crippen LogP contribution in [-0.2, 0) is 0 Å². The Kier molecular flexibility index (Phi) is 3.23. The van der Waals surface area contributed by atoms with E-state index >= 15 is 0 Å². The lowest BCUT2D eigenvalue weighted by atomic mass is 10.0. The Bertz CT molecular complexity index is 242. The third kappa shape index (κ3) is 2.11. The second kappa shape index (κ2) is 3.79. The number of hydrogen-bond acceptors (Lipinski definition) is 1. The molecule has 1 atom stereocenters. The Balaban J connectivity index is 2.93. The normalized spacial score (nSPS) is 13.5. The summed E-state index contributed by atoms with van der Waals surface area (Å²) in [5, 5.41) is 0. The van der Waals surface area contributed by atoms with Crippen molar-refractivity contribution >= 4 is 34.5 Å². The van der Waals surface area contributed by atoms with Crippen LogP contribution in [0.3, 0.4) is 0 Å². The predicted octanol–water partition coefficient (Wildman–Crippen LogP) is 4.57. The van der Waals surface area contributed by atoms with Gasteiger partial charge in [-0.25, -0.2) is 0 Å². The molecule has 0 radical (unpaired) electrons. The maximum absolute atomic E-state index is 5.95. The Morgan fingerprint density at radius 1 is 1.55 bits per heavy atom. The van der Waals surface area contributed by atoms with Crippen molar-refractivity contribution < 1.29 is 0 Å². The van der Waals surface area contributed by atoms with Crippen LogP contribution in [0.25, 0.3) is 0 Å². The molecule has 0 saturated carbocycles. The molecule has 0 saturated heterocycles. The lowest BCUT2D eigenvalue weighted by Crippen LogP contribution is -1.87. The first-order chi connectivity index (χ1) is 5.15. The van der Waals surface area contributed by atoms with E-state index in [1.807, 2.05) is 6.07 Å². The molecule has 1 aromatic rings. The highest BCUT2D eigenvalue weighted by atomic mass is 35.5. The molecule has 1 unspecified atom stereocenters. The van der Waals surface area contributed by atoms with Crippen LogP contribution in [0.2, 0.25) is 8.67 Å². The topological polar surface area (TPSA) is 0 Å². The summed E-state index contributed by atoms with van der Waals surface area (Å²) in [6, 6.07) is 1.96. The largest absolute Gasteiger partial charge is 0.111 e. The Morgan fingerprint density at radius 3 is 2.55 bits per heavy atom. The minimum absolute atomic E-state index is 0.520. The van der Waals surface area contributed by atoms with Crippen LogP contribution in [0.5, 0.6) is 0 Å². The van der Waals surface area contributed by atoms with Crippen LogP contribution < -0.4 is 0 Å². The fraction of sp³-hybridized carbons (Fsp3) is 0.500. The predicted molar refractivity (Wildman–Crippen MR) is 53.0 cm³/mol. The van der Waals surface area contributed by atoms with Crippen LogP contribution in [0, 0.1) is 0 Å². The fourth-order valence-corrected chi connectivity index (χ4v) is 2.60. The van der Waals surface area contributed by atoms with E-state index in [9.17, 15) is 0 Å². The summed E-state index contributed by atoms with van der Waals surface area (Å²) in [6.45, 7) is 4.30. The summed E-state index contributed by atoms with van der Waals surface area (Å²) >= 11 is 13.2. The fourth-order valence-electron chi connectivity index (χ4n) is 0.909. The van der Waals surface area contributed by atoms with Gasteiger partial charge in [0, 0.05) is 0 Å². The van der Waals surface area contributed by atoms with E-state index in [1.165, 1.54) is 16.9 Å². The van der Waals surface area contributed by atoms with Crippen LogP contribution in [0.1, 0.15) is 31.7 Å². The van der Waals surface area contributed by atoms with Gasteiger partial charge in [-0.05, 0) is 24.0 Å². The number of hydrogen-bond donors (Lipinski definition) is 0. The monoisotopic (exact) mass is 208 g/mol. The molecule has 0 fully saturated rings. The molecule has 0 spiro atoms. The third-order valence-corrected chi connectivity index (χ3v) is 3.34. The van der Waals surface area contributed by atoms with Crippen molar-refractivity contribution in [3.63, 3.8) is 0 Å². The number of rotatable bonds is 2.